The van der Waals surface area contributed by atoms with E-state index in [4.69, 9.17) is 15.3 Å². The van der Waals surface area contributed by atoms with E-state index in [0.29, 0.717) is 13.0 Å². The zero-order valence-electron chi connectivity index (χ0n) is 9.86. The van der Waals surface area contributed by atoms with Crippen molar-refractivity contribution in [3.8, 4) is 0 Å². The quantitative estimate of drug-likeness (QED) is 0.374. The molecule has 0 aromatic carbocycles. The number of carbonyl (C=O) groups excluding carboxylic acids is 1. The molecule has 0 bridgehead atoms. The smallest absolute Gasteiger partial charge is 0.857 e. The summed E-state index contributed by atoms with van der Waals surface area (Å²) in [5.41, 5.74) is 0. The van der Waals surface area contributed by atoms with Crippen LogP contribution in [0.2, 0.25) is 0 Å². The molecule has 0 aromatic rings. The minimum atomic E-state index is -0.230. The Hall–Kier alpha value is 0.310. The fraction of sp³-hybridized carbons (Fsp3) is 0.875. The maximum Gasteiger partial charge on any atom is 1.00 e. The third-order valence-electron chi connectivity index (χ3n) is 0.838. The first-order valence-electron chi connectivity index (χ1n) is 3.91. The number of aliphatic hydroxyl groups excluding tert-OH is 2. The molecule has 0 radical (unpaired) electrons. The van der Waals surface area contributed by atoms with E-state index >= 15 is 0 Å². The van der Waals surface area contributed by atoms with Gasteiger partial charge >= 0.3 is 35.5 Å². The van der Waals surface area contributed by atoms with Crippen LogP contribution in [0.5, 0.6) is 0 Å². The van der Waals surface area contributed by atoms with Crippen molar-refractivity contribution < 1.29 is 59.1 Å². The predicted octanol–water partition coefficient (Wildman–Crippen LogP) is -4.85. The monoisotopic (exact) mass is 234 g/mol. The first kappa shape index (κ1) is 24.5. The second kappa shape index (κ2) is 29.2. The standard InChI is InChI=1S/C5H10O3.C2H6O2.CH3O.Na/c1-7-4-3-5(6)8-2;3-1-2-4;1-2;/h3-4H2,1-2H3;3-4H,1-2H2;1H3;/q;;-1;+1. The molecular weight excluding hydrogens is 215 g/mol. The molecule has 0 aliphatic carbocycles. The van der Waals surface area contributed by atoms with Gasteiger partial charge < -0.3 is 24.8 Å². The Balaban J connectivity index is -0.0000000742. The summed E-state index contributed by atoms with van der Waals surface area (Å²) in [4.78, 5) is 10.3. The Morgan fingerprint density at radius 3 is 1.80 bits per heavy atom. The normalized spacial score (nSPS) is 7.07. The molecule has 0 aliphatic heterocycles. The number of hydrogen-bond acceptors (Lipinski definition) is 6. The predicted molar refractivity (Wildman–Crippen MR) is 48.6 cm³/mol. The molecule has 0 aromatic heterocycles. The average Bonchev–Trinajstić information content (AvgIpc) is 2.28. The number of ether oxygens (including phenoxy) is 2. The molecule has 0 fully saturated rings. The van der Waals surface area contributed by atoms with Crippen molar-refractivity contribution in [2.24, 2.45) is 0 Å². The Morgan fingerprint density at radius 2 is 1.60 bits per heavy atom. The number of aliphatic hydroxyl groups is 2. The van der Waals surface area contributed by atoms with E-state index in [1.54, 1.807) is 7.11 Å². The number of rotatable bonds is 4. The van der Waals surface area contributed by atoms with Crippen LogP contribution in [0, 0.1) is 0 Å². The molecule has 0 amide bonds. The third kappa shape index (κ3) is 40.6. The molecule has 0 rings (SSSR count). The maximum atomic E-state index is 10.3. The molecule has 0 atom stereocenters. The van der Waals surface area contributed by atoms with Crippen LogP contribution in [0.15, 0.2) is 0 Å². The molecule has 0 spiro atoms. The summed E-state index contributed by atoms with van der Waals surface area (Å²) < 4.78 is 8.95. The first-order valence-corrected chi connectivity index (χ1v) is 3.91. The van der Waals surface area contributed by atoms with Gasteiger partial charge in [0.05, 0.1) is 33.4 Å². The zero-order chi connectivity index (χ0) is 11.8. The van der Waals surface area contributed by atoms with Gasteiger partial charge in [-0.1, -0.05) is 0 Å². The molecular formula is C8H19NaO6. The van der Waals surface area contributed by atoms with Gasteiger partial charge in [0.15, 0.2) is 0 Å². The van der Waals surface area contributed by atoms with E-state index in [-0.39, 0.29) is 48.7 Å². The van der Waals surface area contributed by atoms with Crippen molar-refractivity contribution in [1.82, 2.24) is 0 Å². The van der Waals surface area contributed by atoms with Gasteiger partial charge in [-0.05, 0) is 0 Å². The molecule has 0 aliphatic rings. The molecule has 0 saturated heterocycles. The van der Waals surface area contributed by atoms with Crippen LogP contribution in [0.4, 0.5) is 0 Å². The first-order chi connectivity index (χ1) is 6.72. The molecule has 2 N–H and O–H groups in total. The summed E-state index contributed by atoms with van der Waals surface area (Å²) >= 11 is 0. The van der Waals surface area contributed by atoms with Crippen LogP contribution in [-0.4, -0.2) is 57.3 Å². The molecule has 0 unspecified atom stereocenters. The Morgan fingerprint density at radius 1 is 1.20 bits per heavy atom. The number of hydrogen-bond donors (Lipinski definition) is 2. The van der Waals surface area contributed by atoms with Gasteiger partial charge in [-0.15, -0.1) is 0 Å². The molecule has 88 valence electrons. The zero-order valence-corrected chi connectivity index (χ0v) is 11.9. The molecule has 15 heavy (non-hydrogen) atoms. The van der Waals surface area contributed by atoms with Crippen molar-refractivity contribution in [2.45, 2.75) is 6.42 Å². The van der Waals surface area contributed by atoms with Gasteiger partial charge in [-0.2, -0.15) is 7.11 Å². The summed E-state index contributed by atoms with van der Waals surface area (Å²) in [7, 11) is 3.65. The largest absolute Gasteiger partial charge is 1.00 e. The van der Waals surface area contributed by atoms with Crippen molar-refractivity contribution in [3.63, 3.8) is 0 Å². The maximum absolute atomic E-state index is 10.3. The van der Waals surface area contributed by atoms with Crippen LogP contribution >= 0.6 is 0 Å². The Labute approximate surface area is 112 Å². The van der Waals surface area contributed by atoms with Gasteiger partial charge in [-0.3, -0.25) is 4.79 Å². The van der Waals surface area contributed by atoms with Crippen molar-refractivity contribution in [2.75, 3.05) is 41.2 Å². The van der Waals surface area contributed by atoms with Crippen LogP contribution in [0.1, 0.15) is 6.42 Å². The van der Waals surface area contributed by atoms with Crippen LogP contribution < -0.4 is 34.7 Å². The minimum absolute atomic E-state index is 0. The summed E-state index contributed by atoms with van der Waals surface area (Å²) in [6.45, 7) is 0.187. The molecule has 0 saturated carbocycles. The van der Waals surface area contributed by atoms with E-state index in [1.165, 1.54) is 7.11 Å². The second-order valence-corrected chi connectivity index (χ2v) is 1.77. The van der Waals surface area contributed by atoms with Gasteiger partial charge in [0, 0.05) is 7.11 Å². The second-order valence-electron chi connectivity index (χ2n) is 1.77. The van der Waals surface area contributed by atoms with Gasteiger partial charge in [-0.25, -0.2) is 0 Å². The fourth-order valence-electron chi connectivity index (χ4n) is 0.287. The van der Waals surface area contributed by atoms with Gasteiger partial charge in [0.1, 0.15) is 0 Å². The Kier molecular flexibility index (Phi) is 47.8. The van der Waals surface area contributed by atoms with Gasteiger partial charge in [0.2, 0.25) is 0 Å². The minimum Gasteiger partial charge on any atom is -0.857 e. The van der Waals surface area contributed by atoms with Crippen LogP contribution in [0.25, 0.3) is 0 Å². The number of methoxy groups -OCH3 is 2. The average molecular weight is 234 g/mol. The number of carbonyl (C=O) groups is 1. The Bertz CT molecular complexity index is 99.1. The van der Waals surface area contributed by atoms with Crippen LogP contribution in [-0.2, 0) is 14.3 Å². The summed E-state index contributed by atoms with van der Waals surface area (Å²) in [5.74, 6) is -0.230. The van der Waals surface area contributed by atoms with E-state index < -0.39 is 0 Å². The van der Waals surface area contributed by atoms with Gasteiger partial charge in [0.25, 0.3) is 0 Å². The summed E-state index contributed by atoms with van der Waals surface area (Å²) in [6.07, 6.45) is 0.340. The topological polar surface area (TPSA) is 99.1 Å². The molecule has 7 heteroatoms. The molecule has 0 heterocycles. The van der Waals surface area contributed by atoms with Crippen molar-refractivity contribution >= 4 is 5.97 Å². The third-order valence-corrected chi connectivity index (χ3v) is 0.838. The summed E-state index contributed by atoms with van der Waals surface area (Å²) in [6, 6.07) is 0. The van der Waals surface area contributed by atoms with Crippen LogP contribution in [0.3, 0.4) is 0 Å². The fourth-order valence-corrected chi connectivity index (χ4v) is 0.287. The van der Waals surface area contributed by atoms with E-state index in [2.05, 4.69) is 9.47 Å². The molecule has 6 nitrogen and oxygen atoms in total. The van der Waals surface area contributed by atoms with Crippen molar-refractivity contribution in [3.05, 3.63) is 0 Å². The summed E-state index contributed by atoms with van der Waals surface area (Å²) in [5, 5.41) is 23.5. The number of esters is 1. The SMILES string of the molecule is COCCC(=O)OC.C[O-].OCCO.[Na+]. The van der Waals surface area contributed by atoms with Crippen molar-refractivity contribution in [1.29, 1.82) is 0 Å². The van der Waals surface area contributed by atoms with E-state index in [9.17, 15) is 4.79 Å². The van der Waals surface area contributed by atoms with E-state index in [1.807, 2.05) is 0 Å². The van der Waals surface area contributed by atoms with E-state index in [0.717, 1.165) is 7.11 Å².